The van der Waals surface area contributed by atoms with Gasteiger partial charge in [0.2, 0.25) is 5.91 Å². The van der Waals surface area contributed by atoms with Gasteiger partial charge >= 0.3 is 0 Å². The molecular weight excluding hydrogens is 396 g/mol. The Balaban J connectivity index is 1.64. The summed E-state index contributed by atoms with van der Waals surface area (Å²) in [6.45, 7) is 6.43. The smallest absolute Gasteiger partial charge is 0.224 e. The van der Waals surface area contributed by atoms with Crippen molar-refractivity contribution < 1.29 is 9.53 Å². The second kappa shape index (κ2) is 10.5. The van der Waals surface area contributed by atoms with Crippen LogP contribution in [0.2, 0.25) is 4.34 Å². The number of thiazole rings is 1. The minimum absolute atomic E-state index is 0.193. The second-order valence-corrected chi connectivity index (χ2v) is 9.26. The fraction of sp³-hybridized carbons (Fsp3) is 0.700. The molecule has 1 aromatic rings. The van der Waals surface area contributed by atoms with Crippen LogP contribution in [0.3, 0.4) is 0 Å². The number of halogens is 1. The molecule has 1 aliphatic carbocycles. The summed E-state index contributed by atoms with van der Waals surface area (Å²) in [5, 5.41) is 4.16. The monoisotopic (exact) mass is 426 g/mol. The van der Waals surface area contributed by atoms with Crippen LogP contribution >= 0.6 is 22.9 Å². The average molecular weight is 427 g/mol. The predicted molar refractivity (Wildman–Crippen MR) is 115 cm³/mol. The van der Waals surface area contributed by atoms with Crippen molar-refractivity contribution in [1.29, 1.82) is 0 Å². The molecule has 1 aliphatic heterocycles. The minimum atomic E-state index is 0.193. The molecule has 1 saturated carbocycles. The fourth-order valence-electron chi connectivity index (χ4n) is 4.34. The maximum atomic E-state index is 12.3. The van der Waals surface area contributed by atoms with Crippen molar-refractivity contribution in [3.63, 3.8) is 0 Å². The molecule has 156 valence electrons. The minimum Gasteiger partial charge on any atom is -0.384 e. The first-order valence-electron chi connectivity index (χ1n) is 10.2. The molecule has 3 rings (SSSR count). The summed E-state index contributed by atoms with van der Waals surface area (Å²) >= 11 is 7.46. The highest BCUT2D eigenvalue weighted by Gasteiger charge is 2.32. The third kappa shape index (κ3) is 5.61. The van der Waals surface area contributed by atoms with Crippen molar-refractivity contribution in [3.05, 3.63) is 22.9 Å². The predicted octanol–water partition coefficient (Wildman–Crippen LogP) is 4.34. The summed E-state index contributed by atoms with van der Waals surface area (Å²) in [6.07, 6.45) is 10.3. The molecule has 1 aromatic heterocycles. The SMILES string of the molecule is C=C(Nc1ncc(Cl)s1)N(C1CCCCC1)C1CCN(C(=O)CCOC)CC1. The molecule has 0 bridgehead atoms. The summed E-state index contributed by atoms with van der Waals surface area (Å²) < 4.78 is 5.71. The van der Waals surface area contributed by atoms with Crippen molar-refractivity contribution in [1.82, 2.24) is 14.8 Å². The number of rotatable bonds is 8. The van der Waals surface area contributed by atoms with Gasteiger partial charge < -0.3 is 19.9 Å². The number of hydrogen-bond donors (Lipinski definition) is 1. The van der Waals surface area contributed by atoms with E-state index in [4.69, 9.17) is 16.3 Å². The van der Waals surface area contributed by atoms with Gasteiger partial charge in [-0.25, -0.2) is 4.98 Å². The standard InChI is InChI=1S/C20H31ClN4O2S/c1-15(23-20-22-14-18(21)28-20)25(16-6-4-3-5-7-16)17-8-11-24(12-9-17)19(26)10-13-27-2/h14,16-17H,1,3-13H2,2H3,(H,22,23). The zero-order valence-electron chi connectivity index (χ0n) is 16.7. The molecule has 0 unspecified atom stereocenters. The third-order valence-electron chi connectivity index (χ3n) is 5.74. The quantitative estimate of drug-likeness (QED) is 0.669. The Bertz CT molecular complexity index is 654. The van der Waals surface area contributed by atoms with Crippen LogP contribution in [-0.4, -0.2) is 59.6 Å². The summed E-state index contributed by atoms with van der Waals surface area (Å²) in [7, 11) is 1.63. The number of piperidine rings is 1. The number of likely N-dealkylation sites (tertiary alicyclic amines) is 1. The number of nitrogens with zero attached hydrogens (tertiary/aromatic N) is 3. The van der Waals surface area contributed by atoms with Crippen molar-refractivity contribution in [2.75, 3.05) is 32.1 Å². The van der Waals surface area contributed by atoms with E-state index in [-0.39, 0.29) is 5.91 Å². The molecule has 28 heavy (non-hydrogen) atoms. The molecule has 0 atom stereocenters. The first kappa shape index (κ1) is 21.4. The lowest BCUT2D eigenvalue weighted by molar-refractivity contribution is -0.133. The molecule has 1 saturated heterocycles. The Labute approximate surface area is 176 Å². The molecule has 0 radical (unpaired) electrons. The summed E-state index contributed by atoms with van der Waals surface area (Å²) in [5.74, 6) is 1.10. The number of anilines is 1. The van der Waals surface area contributed by atoms with Crippen molar-refractivity contribution in [2.45, 2.75) is 63.5 Å². The van der Waals surface area contributed by atoms with Gasteiger partial charge in [0.15, 0.2) is 5.13 Å². The number of carbonyl (C=O) groups excluding carboxylic acids is 1. The highest BCUT2D eigenvalue weighted by molar-refractivity contribution is 7.19. The van der Waals surface area contributed by atoms with Crippen molar-refractivity contribution >= 4 is 34.0 Å². The van der Waals surface area contributed by atoms with Crippen LogP contribution in [0.25, 0.3) is 0 Å². The van der Waals surface area contributed by atoms with Crippen molar-refractivity contribution in [3.8, 4) is 0 Å². The number of carbonyl (C=O) groups is 1. The topological polar surface area (TPSA) is 57.7 Å². The Kier molecular flexibility index (Phi) is 8.00. The Morgan fingerprint density at radius 3 is 2.61 bits per heavy atom. The van der Waals surface area contributed by atoms with Crippen LogP contribution in [0.1, 0.15) is 51.4 Å². The number of aromatic nitrogens is 1. The maximum absolute atomic E-state index is 12.3. The van der Waals surface area contributed by atoms with E-state index in [1.807, 2.05) is 4.90 Å². The van der Waals surface area contributed by atoms with E-state index in [1.165, 1.54) is 43.4 Å². The summed E-state index contributed by atoms with van der Waals surface area (Å²) in [4.78, 5) is 21.1. The Morgan fingerprint density at radius 2 is 2.00 bits per heavy atom. The van der Waals surface area contributed by atoms with Gasteiger partial charge in [0.25, 0.3) is 0 Å². The molecule has 1 amide bonds. The average Bonchev–Trinajstić information content (AvgIpc) is 3.12. The number of amides is 1. The van der Waals surface area contributed by atoms with Crippen LogP contribution in [-0.2, 0) is 9.53 Å². The lowest BCUT2D eigenvalue weighted by Gasteiger charge is -2.45. The molecule has 8 heteroatoms. The van der Waals surface area contributed by atoms with Gasteiger partial charge in [-0.2, -0.15) is 0 Å². The molecule has 6 nitrogen and oxygen atoms in total. The lowest BCUT2D eigenvalue weighted by atomic mass is 9.91. The molecule has 0 spiro atoms. The fourth-order valence-corrected chi connectivity index (χ4v) is 5.17. The van der Waals surface area contributed by atoms with E-state index >= 15 is 0 Å². The Hall–Kier alpha value is -1.31. The molecule has 2 aliphatic rings. The van der Waals surface area contributed by atoms with Crippen LogP contribution < -0.4 is 5.32 Å². The van der Waals surface area contributed by atoms with Crippen LogP contribution in [0.5, 0.6) is 0 Å². The number of hydrogen-bond acceptors (Lipinski definition) is 6. The normalized spacial score (nSPS) is 18.9. The molecule has 1 N–H and O–H groups in total. The van der Waals surface area contributed by atoms with E-state index < -0.39 is 0 Å². The zero-order valence-corrected chi connectivity index (χ0v) is 18.2. The molecule has 0 aromatic carbocycles. The van der Waals surface area contributed by atoms with Gasteiger partial charge in [-0.15, -0.1) is 0 Å². The van der Waals surface area contributed by atoms with Gasteiger partial charge in [0.1, 0.15) is 10.2 Å². The maximum Gasteiger partial charge on any atom is 0.224 e. The molecular formula is C20H31ClN4O2S. The third-order valence-corrected chi connectivity index (χ3v) is 6.77. The van der Waals surface area contributed by atoms with Gasteiger partial charge in [-0.1, -0.05) is 48.8 Å². The second-order valence-electron chi connectivity index (χ2n) is 7.60. The van der Waals surface area contributed by atoms with E-state index in [0.29, 0.717) is 29.4 Å². The van der Waals surface area contributed by atoms with Crippen molar-refractivity contribution in [2.24, 2.45) is 0 Å². The number of methoxy groups -OCH3 is 1. The first-order chi connectivity index (χ1) is 13.6. The first-order valence-corrected chi connectivity index (χ1v) is 11.4. The van der Waals surface area contributed by atoms with E-state index in [9.17, 15) is 4.79 Å². The van der Waals surface area contributed by atoms with E-state index in [1.54, 1.807) is 13.3 Å². The molecule has 2 fully saturated rings. The zero-order chi connectivity index (χ0) is 19.9. The van der Waals surface area contributed by atoms with E-state index in [2.05, 4.69) is 21.8 Å². The lowest BCUT2D eigenvalue weighted by Crippen LogP contribution is -2.51. The van der Waals surface area contributed by atoms with Crippen LogP contribution in [0.15, 0.2) is 18.6 Å². The highest BCUT2D eigenvalue weighted by atomic mass is 35.5. The number of nitrogens with one attached hydrogen (secondary N) is 1. The number of ether oxygens (including phenoxy) is 1. The van der Waals surface area contributed by atoms with Crippen LogP contribution in [0.4, 0.5) is 5.13 Å². The van der Waals surface area contributed by atoms with Crippen LogP contribution in [0, 0.1) is 0 Å². The van der Waals surface area contributed by atoms with Gasteiger partial charge in [-0.3, -0.25) is 4.79 Å². The van der Waals surface area contributed by atoms with Gasteiger partial charge in [-0.05, 0) is 25.7 Å². The largest absolute Gasteiger partial charge is 0.384 e. The van der Waals surface area contributed by atoms with Gasteiger partial charge in [0.05, 0.1) is 19.2 Å². The highest BCUT2D eigenvalue weighted by Crippen LogP contribution is 2.32. The van der Waals surface area contributed by atoms with E-state index in [0.717, 1.165) is 36.9 Å². The summed E-state index contributed by atoms with van der Waals surface area (Å²) in [5.41, 5.74) is 0. The molecule has 2 heterocycles. The Morgan fingerprint density at radius 1 is 1.32 bits per heavy atom. The summed E-state index contributed by atoms with van der Waals surface area (Å²) in [6, 6.07) is 0.898. The van der Waals surface area contributed by atoms with Gasteiger partial charge in [0, 0.05) is 32.3 Å².